The van der Waals surface area contributed by atoms with Crippen LogP contribution in [0.2, 0.25) is 0 Å². The molecule has 2 saturated heterocycles. The van der Waals surface area contributed by atoms with Gasteiger partial charge < -0.3 is 29.9 Å². The summed E-state index contributed by atoms with van der Waals surface area (Å²) in [5, 5.41) is 18.6. The molecule has 6 rings (SSSR count). The average Bonchev–Trinajstić information content (AvgIpc) is 3.55. The van der Waals surface area contributed by atoms with Crippen molar-refractivity contribution in [2.45, 2.75) is 25.2 Å². The van der Waals surface area contributed by atoms with Gasteiger partial charge in [-0.15, -0.1) is 0 Å². The van der Waals surface area contributed by atoms with Gasteiger partial charge in [0.2, 0.25) is 5.91 Å². The van der Waals surface area contributed by atoms with Crippen LogP contribution in [-0.2, 0) is 16.1 Å². The topological polar surface area (TPSA) is 116 Å². The summed E-state index contributed by atoms with van der Waals surface area (Å²) < 4.78 is 7.13. The monoisotopic (exact) mass is 477 g/mol. The predicted octanol–water partition coefficient (Wildman–Crippen LogP) is 0.855. The Morgan fingerprint density at radius 2 is 2.03 bits per heavy atom. The minimum Gasteiger partial charge on any atom is -0.378 e. The first kappa shape index (κ1) is 21.8. The molecule has 3 aromatic rings. The number of anilines is 2. The summed E-state index contributed by atoms with van der Waals surface area (Å²) in [6.07, 6.45) is 4.60. The van der Waals surface area contributed by atoms with Crippen molar-refractivity contribution >= 4 is 28.8 Å². The maximum atomic E-state index is 13.4. The zero-order valence-corrected chi connectivity index (χ0v) is 19.4. The van der Waals surface area contributed by atoms with E-state index in [9.17, 15) is 14.7 Å². The van der Waals surface area contributed by atoms with E-state index in [-0.39, 0.29) is 11.8 Å². The van der Waals surface area contributed by atoms with Gasteiger partial charge in [0.1, 0.15) is 6.04 Å². The lowest BCUT2D eigenvalue weighted by Crippen LogP contribution is -2.41. The number of nitrogens with one attached hydrogen (secondary N) is 1. The number of carbonyl (C=O) groups excluding carboxylic acids is 2. The van der Waals surface area contributed by atoms with Crippen molar-refractivity contribution in [3.05, 3.63) is 53.5 Å². The number of fused-ring (bicyclic) bond motifs is 2. The highest BCUT2D eigenvalue weighted by Gasteiger charge is 2.41. The summed E-state index contributed by atoms with van der Waals surface area (Å²) >= 11 is 0. The maximum absolute atomic E-state index is 13.4. The van der Waals surface area contributed by atoms with Crippen molar-refractivity contribution in [2.75, 3.05) is 50.1 Å². The molecule has 3 aliphatic heterocycles. The first-order valence-electron chi connectivity index (χ1n) is 11.8. The fourth-order valence-electron chi connectivity index (χ4n) is 5.16. The molecule has 2 aromatic heterocycles. The fourth-order valence-corrected chi connectivity index (χ4v) is 5.16. The number of aliphatic hydroxyl groups is 1. The van der Waals surface area contributed by atoms with Gasteiger partial charge in [0.15, 0.2) is 11.9 Å². The van der Waals surface area contributed by atoms with Crippen LogP contribution in [0.4, 0.5) is 11.4 Å². The smallest absolute Gasteiger partial charge is 0.255 e. The van der Waals surface area contributed by atoms with Crippen molar-refractivity contribution in [3.63, 3.8) is 0 Å². The molecule has 0 spiro atoms. The Hall–Kier alpha value is -3.70. The minimum absolute atomic E-state index is 0.0195. The van der Waals surface area contributed by atoms with Crippen LogP contribution in [0, 0.1) is 0 Å². The molecule has 0 radical (unpaired) electrons. The number of nitrogens with zero attached hydrogens (tertiary/aromatic N) is 6. The summed E-state index contributed by atoms with van der Waals surface area (Å²) in [4.78, 5) is 35.8. The third kappa shape index (κ3) is 3.67. The van der Waals surface area contributed by atoms with Crippen LogP contribution in [0.1, 0.15) is 34.1 Å². The zero-order valence-electron chi connectivity index (χ0n) is 19.4. The third-order valence-corrected chi connectivity index (χ3v) is 7.07. The number of likely N-dealkylation sites (N-methyl/N-ethyl adjacent to an activating group) is 1. The van der Waals surface area contributed by atoms with Crippen LogP contribution >= 0.6 is 0 Å². The first-order chi connectivity index (χ1) is 17.0. The van der Waals surface area contributed by atoms with Crippen molar-refractivity contribution in [3.8, 4) is 0 Å². The number of benzene rings is 1. The van der Waals surface area contributed by atoms with E-state index in [0.29, 0.717) is 68.3 Å². The van der Waals surface area contributed by atoms with Crippen LogP contribution in [0.5, 0.6) is 0 Å². The Labute approximate surface area is 201 Å². The number of hydrogen-bond acceptors (Lipinski definition) is 8. The highest BCUT2D eigenvalue weighted by molar-refractivity contribution is 6.03. The lowest BCUT2D eigenvalue weighted by atomic mass is 10.1. The summed E-state index contributed by atoms with van der Waals surface area (Å²) in [5.41, 5.74) is 4.08. The van der Waals surface area contributed by atoms with Gasteiger partial charge in [-0.05, 0) is 30.2 Å². The summed E-state index contributed by atoms with van der Waals surface area (Å²) in [6.45, 7) is 3.53. The van der Waals surface area contributed by atoms with E-state index in [0.717, 1.165) is 11.3 Å². The molecule has 1 aromatic carbocycles. The van der Waals surface area contributed by atoms with Crippen LogP contribution in [0.3, 0.4) is 0 Å². The normalized spacial score (nSPS) is 21.2. The third-order valence-electron chi connectivity index (χ3n) is 7.07. The second-order valence-corrected chi connectivity index (χ2v) is 9.16. The molecule has 3 aliphatic rings. The maximum Gasteiger partial charge on any atom is 0.255 e. The predicted molar refractivity (Wildman–Crippen MR) is 127 cm³/mol. The average molecular weight is 478 g/mol. The molecule has 2 N–H and O–H groups in total. The van der Waals surface area contributed by atoms with Crippen LogP contribution < -0.4 is 10.2 Å². The largest absolute Gasteiger partial charge is 0.378 e. The first-order valence-corrected chi connectivity index (χ1v) is 11.8. The molecule has 2 amide bonds. The van der Waals surface area contributed by atoms with E-state index in [4.69, 9.17) is 4.74 Å². The Kier molecular flexibility index (Phi) is 5.30. The van der Waals surface area contributed by atoms with Gasteiger partial charge in [-0.2, -0.15) is 5.10 Å². The van der Waals surface area contributed by atoms with E-state index < -0.39 is 12.3 Å². The Balaban J connectivity index is 1.35. The van der Waals surface area contributed by atoms with E-state index in [1.807, 2.05) is 12.1 Å². The van der Waals surface area contributed by atoms with Crippen LogP contribution in [0.15, 0.2) is 36.8 Å². The molecule has 11 nitrogen and oxygen atoms in total. The molecule has 1 unspecified atom stereocenters. The number of aromatic nitrogens is 3. The molecule has 182 valence electrons. The van der Waals surface area contributed by atoms with Crippen molar-refractivity contribution in [2.24, 2.45) is 0 Å². The standard InChI is InChI=1S/C24H27N7O4/c1-28-6-3-19(24(28)34)30-14-15-11-18(20(12-16(15)23(30)33)29-7-9-35-10-8-29)27-22(32)17-13-26-31-5-2-4-25-21(17)31/h2,4-5,11-13,19,22,27,32H,3,6-10,14H2,1H3/t19-,22?/m0/s1. The second kappa shape index (κ2) is 8.51. The van der Waals surface area contributed by atoms with Gasteiger partial charge in [-0.3, -0.25) is 9.59 Å². The van der Waals surface area contributed by atoms with Gasteiger partial charge in [-0.25, -0.2) is 9.50 Å². The number of morpholine rings is 1. The molecule has 35 heavy (non-hydrogen) atoms. The van der Waals surface area contributed by atoms with Crippen molar-refractivity contribution in [1.82, 2.24) is 24.4 Å². The van der Waals surface area contributed by atoms with Gasteiger partial charge in [-0.1, -0.05) is 0 Å². The fraction of sp³-hybridized carbons (Fsp3) is 0.417. The number of ether oxygens (including phenoxy) is 1. The Morgan fingerprint density at radius 1 is 1.20 bits per heavy atom. The number of aliphatic hydroxyl groups excluding tert-OH is 1. The molecule has 2 atom stereocenters. The molecule has 0 saturated carbocycles. The van der Waals surface area contributed by atoms with E-state index in [1.54, 1.807) is 46.0 Å². The van der Waals surface area contributed by atoms with E-state index in [1.165, 1.54) is 0 Å². The summed E-state index contributed by atoms with van der Waals surface area (Å²) in [6, 6.07) is 5.15. The molecule has 0 bridgehead atoms. The number of amides is 2. The highest BCUT2D eigenvalue weighted by atomic mass is 16.5. The number of likely N-dealkylation sites (tertiary alicyclic amines) is 1. The molecular formula is C24H27N7O4. The summed E-state index contributed by atoms with van der Waals surface area (Å²) in [7, 11) is 1.77. The lowest BCUT2D eigenvalue weighted by molar-refractivity contribution is -0.130. The van der Waals surface area contributed by atoms with Crippen LogP contribution in [0.25, 0.3) is 5.65 Å². The Morgan fingerprint density at radius 3 is 2.80 bits per heavy atom. The molecule has 5 heterocycles. The van der Waals surface area contributed by atoms with Gasteiger partial charge >= 0.3 is 0 Å². The number of rotatable bonds is 5. The molecule has 11 heteroatoms. The highest BCUT2D eigenvalue weighted by Crippen LogP contribution is 2.38. The van der Waals surface area contributed by atoms with E-state index in [2.05, 4.69) is 20.3 Å². The SMILES string of the molecule is CN1CC[C@H](N2Cc3cc(NC(O)c4cnn5cccnc45)c(N4CCOCC4)cc3C2=O)C1=O. The number of carbonyl (C=O) groups is 2. The van der Waals surface area contributed by atoms with E-state index >= 15 is 0 Å². The van der Waals surface area contributed by atoms with Gasteiger partial charge in [0, 0.05) is 51.2 Å². The zero-order chi connectivity index (χ0) is 24.1. The van der Waals surface area contributed by atoms with Crippen LogP contribution in [-0.4, -0.2) is 87.3 Å². The van der Waals surface area contributed by atoms with Crippen molar-refractivity contribution in [1.29, 1.82) is 0 Å². The number of hydrogen-bond donors (Lipinski definition) is 2. The van der Waals surface area contributed by atoms with Gasteiger partial charge in [0.05, 0.1) is 36.3 Å². The summed E-state index contributed by atoms with van der Waals surface area (Å²) in [5.74, 6) is -0.143. The quantitative estimate of drug-likeness (QED) is 0.520. The Bertz CT molecular complexity index is 1300. The van der Waals surface area contributed by atoms with Crippen molar-refractivity contribution < 1.29 is 19.4 Å². The second-order valence-electron chi connectivity index (χ2n) is 9.16. The molecule has 0 aliphatic carbocycles. The molecular weight excluding hydrogens is 450 g/mol. The van der Waals surface area contributed by atoms with Gasteiger partial charge in [0.25, 0.3) is 5.91 Å². The molecule has 2 fully saturated rings. The minimum atomic E-state index is -1.06. The lowest BCUT2D eigenvalue weighted by Gasteiger charge is -2.31.